The Hall–Kier alpha value is -2.01. The first-order valence-corrected chi connectivity index (χ1v) is 5.80. The monoisotopic (exact) mass is 245 g/mol. The first-order valence-electron chi connectivity index (χ1n) is 5.80. The van der Waals surface area contributed by atoms with Crippen molar-refractivity contribution in [2.45, 2.75) is 13.8 Å². The zero-order valence-electron chi connectivity index (χ0n) is 10.4. The predicted molar refractivity (Wildman–Crippen MR) is 67.8 cm³/mol. The summed E-state index contributed by atoms with van der Waals surface area (Å²) in [4.78, 5) is 25.2. The molecular formula is C13H15N3O2. The molecule has 5 heteroatoms. The van der Waals surface area contributed by atoms with Gasteiger partial charge in [-0.1, -0.05) is 26.0 Å². The van der Waals surface area contributed by atoms with Crippen molar-refractivity contribution in [2.24, 2.45) is 5.92 Å². The molecule has 0 aliphatic carbocycles. The van der Waals surface area contributed by atoms with Crippen LogP contribution in [0.3, 0.4) is 0 Å². The Morgan fingerprint density at radius 1 is 1.33 bits per heavy atom. The molecule has 1 heterocycles. The lowest BCUT2D eigenvalue weighted by atomic mass is 10.2. The summed E-state index contributed by atoms with van der Waals surface area (Å²) in [5.74, 6) is -0.0260. The summed E-state index contributed by atoms with van der Waals surface area (Å²) in [6, 6.07) is 7.39. The summed E-state index contributed by atoms with van der Waals surface area (Å²) in [5, 5.41) is 0. The molecule has 94 valence electrons. The van der Waals surface area contributed by atoms with Crippen molar-refractivity contribution >= 4 is 16.9 Å². The van der Waals surface area contributed by atoms with Crippen molar-refractivity contribution < 1.29 is 9.63 Å². The number of benzene rings is 1. The molecule has 0 unspecified atom stereocenters. The van der Waals surface area contributed by atoms with Crippen molar-refractivity contribution in [1.82, 2.24) is 15.4 Å². The highest BCUT2D eigenvalue weighted by Gasteiger charge is 2.09. The van der Waals surface area contributed by atoms with Crippen LogP contribution in [-0.2, 0) is 4.84 Å². The topological polar surface area (TPSA) is 64.1 Å². The molecule has 1 N–H and O–H groups in total. The predicted octanol–water partition coefficient (Wildman–Crippen LogP) is 1.95. The molecule has 18 heavy (non-hydrogen) atoms. The van der Waals surface area contributed by atoms with Gasteiger partial charge in [0.1, 0.15) is 5.69 Å². The zero-order valence-corrected chi connectivity index (χ0v) is 10.4. The van der Waals surface area contributed by atoms with E-state index in [4.69, 9.17) is 4.84 Å². The highest BCUT2D eigenvalue weighted by Crippen LogP contribution is 2.08. The van der Waals surface area contributed by atoms with Gasteiger partial charge in [0.25, 0.3) is 5.91 Å². The molecule has 2 rings (SSSR count). The number of nitrogens with one attached hydrogen (secondary N) is 1. The highest BCUT2D eigenvalue weighted by atomic mass is 16.6. The first-order chi connectivity index (χ1) is 8.66. The molecule has 0 aliphatic heterocycles. The largest absolute Gasteiger partial charge is 0.295 e. The number of hydroxylamine groups is 1. The van der Waals surface area contributed by atoms with Crippen LogP contribution < -0.4 is 5.48 Å². The fourth-order valence-electron chi connectivity index (χ4n) is 1.39. The van der Waals surface area contributed by atoms with Gasteiger partial charge in [-0.3, -0.25) is 14.6 Å². The number of hydrogen-bond donors (Lipinski definition) is 1. The normalized spacial score (nSPS) is 10.8. The van der Waals surface area contributed by atoms with Crippen LogP contribution in [0.2, 0.25) is 0 Å². The van der Waals surface area contributed by atoms with Crippen molar-refractivity contribution in [3.63, 3.8) is 0 Å². The molecule has 2 aromatic rings. The van der Waals surface area contributed by atoms with Crippen molar-refractivity contribution in [2.75, 3.05) is 6.61 Å². The maximum absolute atomic E-state index is 11.7. The van der Waals surface area contributed by atoms with E-state index in [1.54, 1.807) is 0 Å². The third kappa shape index (κ3) is 3.01. The number of hydrogen-bond acceptors (Lipinski definition) is 4. The molecule has 0 spiro atoms. The number of carbonyl (C=O) groups is 1. The molecule has 0 atom stereocenters. The van der Waals surface area contributed by atoms with E-state index in [9.17, 15) is 4.79 Å². The summed E-state index contributed by atoms with van der Waals surface area (Å²) >= 11 is 0. The number of carbonyl (C=O) groups excluding carboxylic acids is 1. The Kier molecular flexibility index (Phi) is 3.84. The number of fused-ring (bicyclic) bond motifs is 1. The van der Waals surface area contributed by atoms with Gasteiger partial charge in [0.15, 0.2) is 0 Å². The molecule has 0 saturated heterocycles. The van der Waals surface area contributed by atoms with Crippen LogP contribution in [0.1, 0.15) is 24.3 Å². The average Bonchev–Trinajstić information content (AvgIpc) is 2.37. The van der Waals surface area contributed by atoms with Gasteiger partial charge in [-0.15, -0.1) is 0 Å². The van der Waals surface area contributed by atoms with Gasteiger partial charge < -0.3 is 0 Å². The third-order valence-electron chi connectivity index (χ3n) is 2.26. The summed E-state index contributed by atoms with van der Waals surface area (Å²) in [6.45, 7) is 4.47. The molecule has 5 nitrogen and oxygen atoms in total. The Balaban J connectivity index is 2.08. The molecular weight excluding hydrogens is 230 g/mol. The standard InChI is InChI=1S/C13H15N3O2/c1-9(2)8-18-16-13(17)12-7-14-10-5-3-4-6-11(10)15-12/h3-7,9H,8H2,1-2H3,(H,16,17). The molecule has 0 aliphatic rings. The van der Waals surface area contributed by atoms with Gasteiger partial charge in [0, 0.05) is 0 Å². The SMILES string of the molecule is CC(C)CONC(=O)c1cnc2ccccc2n1. The second-order valence-corrected chi connectivity index (χ2v) is 4.38. The van der Waals surface area contributed by atoms with E-state index in [0.29, 0.717) is 18.0 Å². The van der Waals surface area contributed by atoms with E-state index in [-0.39, 0.29) is 11.6 Å². The molecule has 1 aromatic carbocycles. The minimum Gasteiger partial charge on any atom is -0.273 e. The summed E-state index contributed by atoms with van der Waals surface area (Å²) in [6.07, 6.45) is 1.44. The van der Waals surface area contributed by atoms with Crippen LogP contribution in [0.5, 0.6) is 0 Å². The Morgan fingerprint density at radius 2 is 2.06 bits per heavy atom. The second-order valence-electron chi connectivity index (χ2n) is 4.38. The molecule has 1 amide bonds. The number of para-hydroxylation sites is 2. The summed E-state index contributed by atoms with van der Waals surface area (Å²) in [7, 11) is 0. The fraction of sp³-hybridized carbons (Fsp3) is 0.308. The summed E-state index contributed by atoms with van der Waals surface area (Å²) < 4.78 is 0. The zero-order chi connectivity index (χ0) is 13.0. The Bertz CT molecular complexity index is 555. The van der Waals surface area contributed by atoms with E-state index in [1.807, 2.05) is 38.1 Å². The third-order valence-corrected chi connectivity index (χ3v) is 2.26. The van der Waals surface area contributed by atoms with Crippen LogP contribution in [-0.4, -0.2) is 22.5 Å². The maximum atomic E-state index is 11.7. The lowest BCUT2D eigenvalue weighted by Gasteiger charge is -2.07. The molecule has 0 saturated carbocycles. The highest BCUT2D eigenvalue weighted by molar-refractivity contribution is 5.93. The lowest BCUT2D eigenvalue weighted by molar-refractivity contribution is 0.0205. The number of amides is 1. The second kappa shape index (κ2) is 5.55. The number of nitrogens with zero attached hydrogens (tertiary/aromatic N) is 2. The van der Waals surface area contributed by atoms with Crippen LogP contribution in [0.4, 0.5) is 0 Å². The van der Waals surface area contributed by atoms with E-state index in [1.165, 1.54) is 6.20 Å². The summed E-state index contributed by atoms with van der Waals surface area (Å²) in [5.41, 5.74) is 4.05. The van der Waals surface area contributed by atoms with Gasteiger partial charge in [-0.2, -0.15) is 0 Å². The number of rotatable bonds is 4. The van der Waals surface area contributed by atoms with Gasteiger partial charge in [0.2, 0.25) is 0 Å². The van der Waals surface area contributed by atoms with Gasteiger partial charge in [-0.05, 0) is 18.1 Å². The fourth-order valence-corrected chi connectivity index (χ4v) is 1.39. The van der Waals surface area contributed by atoms with Crippen LogP contribution in [0.15, 0.2) is 30.5 Å². The minimum absolute atomic E-state index is 0.248. The van der Waals surface area contributed by atoms with Crippen molar-refractivity contribution in [1.29, 1.82) is 0 Å². The molecule has 1 aromatic heterocycles. The van der Waals surface area contributed by atoms with Crippen LogP contribution >= 0.6 is 0 Å². The van der Waals surface area contributed by atoms with Crippen LogP contribution in [0.25, 0.3) is 11.0 Å². The smallest absolute Gasteiger partial charge is 0.273 e. The quantitative estimate of drug-likeness (QED) is 0.836. The number of aromatic nitrogens is 2. The van der Waals surface area contributed by atoms with Gasteiger partial charge >= 0.3 is 0 Å². The lowest BCUT2D eigenvalue weighted by Crippen LogP contribution is -2.26. The minimum atomic E-state index is -0.381. The van der Waals surface area contributed by atoms with E-state index < -0.39 is 0 Å². The van der Waals surface area contributed by atoms with E-state index in [0.717, 1.165) is 5.52 Å². The maximum Gasteiger partial charge on any atom is 0.295 e. The van der Waals surface area contributed by atoms with Gasteiger partial charge in [-0.25, -0.2) is 10.5 Å². The average molecular weight is 245 g/mol. The van der Waals surface area contributed by atoms with Crippen LogP contribution in [0, 0.1) is 5.92 Å². The van der Waals surface area contributed by atoms with E-state index in [2.05, 4.69) is 15.4 Å². The molecule has 0 bridgehead atoms. The van der Waals surface area contributed by atoms with Gasteiger partial charge in [0.05, 0.1) is 23.8 Å². The van der Waals surface area contributed by atoms with E-state index >= 15 is 0 Å². The Morgan fingerprint density at radius 3 is 2.78 bits per heavy atom. The Labute approximate surface area is 105 Å². The van der Waals surface area contributed by atoms with Crippen molar-refractivity contribution in [3.05, 3.63) is 36.2 Å². The first kappa shape index (κ1) is 12.4. The molecule has 0 fully saturated rings. The van der Waals surface area contributed by atoms with Crippen molar-refractivity contribution in [3.8, 4) is 0 Å². The molecule has 0 radical (unpaired) electrons.